The van der Waals surface area contributed by atoms with Crippen LogP contribution in [0.4, 0.5) is 0 Å². The first-order chi connectivity index (χ1) is 6.27. The van der Waals surface area contributed by atoms with Crippen molar-refractivity contribution in [1.82, 2.24) is 0 Å². The van der Waals surface area contributed by atoms with Crippen molar-refractivity contribution in [3.63, 3.8) is 0 Å². The predicted molar refractivity (Wildman–Crippen MR) is 53.5 cm³/mol. The number of phenols is 1. The molecule has 1 aromatic heterocycles. The summed E-state index contributed by atoms with van der Waals surface area (Å²) in [7, 11) is 0. The van der Waals surface area contributed by atoms with E-state index in [1.54, 1.807) is 24.5 Å². The normalized spacial score (nSPS) is 10.2. The second-order valence-corrected chi connectivity index (χ2v) is 3.55. The fourth-order valence-electron chi connectivity index (χ4n) is 1.14. The van der Waals surface area contributed by atoms with Crippen LogP contribution in [0, 0.1) is 0 Å². The van der Waals surface area contributed by atoms with Gasteiger partial charge in [-0.25, -0.2) is 0 Å². The lowest BCUT2D eigenvalue weighted by Crippen LogP contribution is -1.75. The number of halogens is 1. The van der Waals surface area contributed by atoms with Gasteiger partial charge in [-0.2, -0.15) is 0 Å². The second-order valence-electron chi connectivity index (χ2n) is 2.64. The lowest BCUT2D eigenvalue weighted by atomic mass is 10.1. The fraction of sp³-hybridized carbons (Fsp3) is 0. The van der Waals surface area contributed by atoms with Gasteiger partial charge in [0.2, 0.25) is 0 Å². The molecule has 0 atom stereocenters. The van der Waals surface area contributed by atoms with Crippen molar-refractivity contribution in [3.05, 3.63) is 41.1 Å². The van der Waals surface area contributed by atoms with Crippen LogP contribution >= 0.6 is 15.9 Å². The molecule has 1 heterocycles. The van der Waals surface area contributed by atoms with Crippen LogP contribution in [-0.2, 0) is 0 Å². The molecule has 1 aromatic carbocycles. The van der Waals surface area contributed by atoms with E-state index in [9.17, 15) is 5.11 Å². The summed E-state index contributed by atoms with van der Waals surface area (Å²) in [4.78, 5) is 0. The standard InChI is InChI=1S/C10H7BrO2/c11-7-3-4-9(12)8(6-7)10-2-1-5-13-10/h1-6,12H. The van der Waals surface area contributed by atoms with Crippen LogP contribution in [0.5, 0.6) is 5.75 Å². The molecule has 0 amide bonds. The molecule has 3 heteroatoms. The molecule has 0 saturated heterocycles. The highest BCUT2D eigenvalue weighted by atomic mass is 79.9. The maximum absolute atomic E-state index is 9.53. The molecule has 0 fully saturated rings. The quantitative estimate of drug-likeness (QED) is 0.827. The zero-order chi connectivity index (χ0) is 9.26. The van der Waals surface area contributed by atoms with Gasteiger partial charge in [-0.05, 0) is 30.3 Å². The summed E-state index contributed by atoms with van der Waals surface area (Å²) in [5.74, 6) is 0.886. The van der Waals surface area contributed by atoms with Gasteiger partial charge in [0.1, 0.15) is 11.5 Å². The number of rotatable bonds is 1. The number of phenolic OH excluding ortho intramolecular Hbond substituents is 1. The van der Waals surface area contributed by atoms with Crippen molar-refractivity contribution < 1.29 is 9.52 Å². The smallest absolute Gasteiger partial charge is 0.137 e. The molecule has 1 N–H and O–H groups in total. The molecule has 0 bridgehead atoms. The molecule has 0 aliphatic heterocycles. The summed E-state index contributed by atoms with van der Waals surface area (Å²) in [6, 6.07) is 8.81. The van der Waals surface area contributed by atoms with Crippen LogP contribution in [0.2, 0.25) is 0 Å². The van der Waals surface area contributed by atoms with E-state index >= 15 is 0 Å². The highest BCUT2D eigenvalue weighted by Crippen LogP contribution is 2.31. The lowest BCUT2D eigenvalue weighted by molar-refractivity contribution is 0.473. The van der Waals surface area contributed by atoms with E-state index in [1.165, 1.54) is 0 Å². The molecule has 0 unspecified atom stereocenters. The van der Waals surface area contributed by atoms with E-state index in [4.69, 9.17) is 4.42 Å². The van der Waals surface area contributed by atoms with E-state index in [2.05, 4.69) is 15.9 Å². The first-order valence-corrected chi connectivity index (χ1v) is 4.59. The van der Waals surface area contributed by atoms with Crippen molar-refractivity contribution in [3.8, 4) is 17.1 Å². The Morgan fingerprint density at radius 3 is 2.77 bits per heavy atom. The molecular weight excluding hydrogens is 232 g/mol. The van der Waals surface area contributed by atoms with E-state index in [0.29, 0.717) is 11.3 Å². The summed E-state index contributed by atoms with van der Waals surface area (Å²) in [6.45, 7) is 0. The second kappa shape index (κ2) is 3.26. The molecule has 2 nitrogen and oxygen atoms in total. The fourth-order valence-corrected chi connectivity index (χ4v) is 1.50. The number of furan rings is 1. The Labute approximate surface area is 83.9 Å². The van der Waals surface area contributed by atoms with Crippen molar-refractivity contribution in [2.45, 2.75) is 0 Å². The molecule has 13 heavy (non-hydrogen) atoms. The third-order valence-corrected chi connectivity index (χ3v) is 2.24. The average Bonchev–Trinajstić information content (AvgIpc) is 2.61. The third kappa shape index (κ3) is 1.60. The van der Waals surface area contributed by atoms with Crippen molar-refractivity contribution in [2.75, 3.05) is 0 Å². The first kappa shape index (κ1) is 8.38. The van der Waals surface area contributed by atoms with Crippen LogP contribution in [0.3, 0.4) is 0 Å². The van der Waals surface area contributed by atoms with Crippen LogP contribution in [0.1, 0.15) is 0 Å². The molecule has 0 aliphatic carbocycles. The summed E-state index contributed by atoms with van der Waals surface area (Å²) < 4.78 is 6.09. The molecule has 66 valence electrons. The van der Waals surface area contributed by atoms with E-state index in [0.717, 1.165) is 4.47 Å². The Morgan fingerprint density at radius 1 is 1.23 bits per heavy atom. The monoisotopic (exact) mass is 238 g/mol. The number of benzene rings is 1. The Morgan fingerprint density at radius 2 is 2.08 bits per heavy atom. The largest absolute Gasteiger partial charge is 0.507 e. The summed E-state index contributed by atoms with van der Waals surface area (Å²) >= 11 is 3.33. The van der Waals surface area contributed by atoms with Gasteiger partial charge in [-0.3, -0.25) is 0 Å². The van der Waals surface area contributed by atoms with E-state index in [1.807, 2.05) is 12.1 Å². The number of hydrogen-bond acceptors (Lipinski definition) is 2. The van der Waals surface area contributed by atoms with Crippen LogP contribution < -0.4 is 0 Å². The average molecular weight is 239 g/mol. The van der Waals surface area contributed by atoms with E-state index < -0.39 is 0 Å². The number of aromatic hydroxyl groups is 1. The van der Waals surface area contributed by atoms with Gasteiger partial charge >= 0.3 is 0 Å². The van der Waals surface area contributed by atoms with Crippen molar-refractivity contribution >= 4 is 15.9 Å². The van der Waals surface area contributed by atoms with E-state index in [-0.39, 0.29) is 5.75 Å². The van der Waals surface area contributed by atoms with Crippen molar-refractivity contribution in [2.24, 2.45) is 0 Å². The minimum atomic E-state index is 0.221. The Kier molecular flexibility index (Phi) is 2.10. The summed E-state index contributed by atoms with van der Waals surface area (Å²) in [5.41, 5.74) is 0.694. The van der Waals surface area contributed by atoms with Gasteiger partial charge in [-0.1, -0.05) is 15.9 Å². The van der Waals surface area contributed by atoms with Gasteiger partial charge in [0.05, 0.1) is 11.8 Å². The van der Waals surface area contributed by atoms with Gasteiger partial charge in [0.25, 0.3) is 0 Å². The maximum Gasteiger partial charge on any atom is 0.137 e. The molecule has 2 aromatic rings. The first-order valence-electron chi connectivity index (χ1n) is 3.80. The Hall–Kier alpha value is -1.22. The van der Waals surface area contributed by atoms with Gasteiger partial charge in [0.15, 0.2) is 0 Å². The minimum absolute atomic E-state index is 0.221. The molecular formula is C10H7BrO2. The summed E-state index contributed by atoms with van der Waals surface area (Å²) in [5, 5.41) is 9.53. The topological polar surface area (TPSA) is 33.4 Å². The molecule has 0 saturated carbocycles. The predicted octanol–water partition coefficient (Wildman–Crippen LogP) is 3.41. The van der Waals surface area contributed by atoms with Gasteiger partial charge in [0, 0.05) is 4.47 Å². The SMILES string of the molecule is Oc1ccc(Br)cc1-c1ccco1. The van der Waals surface area contributed by atoms with Crippen LogP contribution in [0.15, 0.2) is 45.5 Å². The Balaban J connectivity index is 2.57. The lowest BCUT2D eigenvalue weighted by Gasteiger charge is -2.00. The molecule has 0 aliphatic rings. The zero-order valence-corrected chi connectivity index (χ0v) is 8.28. The van der Waals surface area contributed by atoms with Crippen molar-refractivity contribution in [1.29, 1.82) is 0 Å². The van der Waals surface area contributed by atoms with Gasteiger partial charge in [-0.15, -0.1) is 0 Å². The molecule has 2 rings (SSSR count). The molecule has 0 spiro atoms. The number of hydrogen-bond donors (Lipinski definition) is 1. The van der Waals surface area contributed by atoms with Gasteiger partial charge < -0.3 is 9.52 Å². The molecule has 0 radical (unpaired) electrons. The minimum Gasteiger partial charge on any atom is -0.507 e. The Bertz CT molecular complexity index is 407. The highest BCUT2D eigenvalue weighted by Gasteiger charge is 2.06. The summed E-state index contributed by atoms with van der Waals surface area (Å²) in [6.07, 6.45) is 1.58. The highest BCUT2D eigenvalue weighted by molar-refractivity contribution is 9.10. The third-order valence-electron chi connectivity index (χ3n) is 1.75. The zero-order valence-electron chi connectivity index (χ0n) is 6.70. The van der Waals surface area contributed by atoms with Crippen LogP contribution in [-0.4, -0.2) is 5.11 Å². The van der Waals surface area contributed by atoms with Crippen LogP contribution in [0.25, 0.3) is 11.3 Å². The maximum atomic E-state index is 9.53.